The van der Waals surface area contributed by atoms with Crippen LogP contribution < -0.4 is 5.32 Å². The number of anilines is 1. The van der Waals surface area contributed by atoms with Crippen LogP contribution in [-0.4, -0.2) is 31.1 Å². The first-order valence-corrected chi connectivity index (χ1v) is 6.05. The number of amides is 1. The summed E-state index contributed by atoms with van der Waals surface area (Å²) in [6, 6.07) is 9.41. The van der Waals surface area contributed by atoms with E-state index >= 15 is 0 Å². The zero-order valence-corrected chi connectivity index (χ0v) is 10.5. The molecule has 3 rings (SSSR count). The highest BCUT2D eigenvalue weighted by Gasteiger charge is 2.05. The van der Waals surface area contributed by atoms with Crippen molar-refractivity contribution in [2.24, 2.45) is 0 Å². The Morgan fingerprint density at radius 3 is 3.00 bits per heavy atom. The van der Waals surface area contributed by atoms with Gasteiger partial charge in [-0.25, -0.2) is 4.68 Å². The largest absolute Gasteiger partial charge is 0.324 e. The molecule has 100 valence electrons. The summed E-state index contributed by atoms with van der Waals surface area (Å²) < 4.78 is 1.47. The maximum Gasteiger partial charge on any atom is 0.246 e. The second-order valence-electron chi connectivity index (χ2n) is 4.20. The van der Waals surface area contributed by atoms with Crippen LogP contribution in [0.3, 0.4) is 0 Å². The fourth-order valence-corrected chi connectivity index (χ4v) is 1.85. The molecular formula is C13H12N6O. The molecule has 0 aliphatic carbocycles. The van der Waals surface area contributed by atoms with Crippen molar-refractivity contribution >= 4 is 11.6 Å². The number of hydrogen-bond acceptors (Lipinski definition) is 4. The highest BCUT2D eigenvalue weighted by atomic mass is 16.2. The van der Waals surface area contributed by atoms with E-state index in [2.05, 4.69) is 25.8 Å². The third-order valence-corrected chi connectivity index (χ3v) is 2.74. The summed E-state index contributed by atoms with van der Waals surface area (Å²) in [5, 5.41) is 17.0. The molecule has 0 unspecified atom stereocenters. The molecule has 2 N–H and O–H groups in total. The predicted octanol–water partition coefficient (Wildman–Crippen LogP) is 1.31. The summed E-state index contributed by atoms with van der Waals surface area (Å²) in [6.07, 6.45) is 4.86. The van der Waals surface area contributed by atoms with Gasteiger partial charge in [-0.05, 0) is 18.2 Å². The Bertz CT molecular complexity index is 689. The first-order valence-electron chi connectivity index (χ1n) is 6.05. The summed E-state index contributed by atoms with van der Waals surface area (Å²) in [4.78, 5) is 11.9. The highest BCUT2D eigenvalue weighted by Crippen LogP contribution is 2.20. The average molecular weight is 268 g/mol. The maximum absolute atomic E-state index is 11.9. The monoisotopic (exact) mass is 268 g/mol. The number of aromatic amines is 1. The molecule has 0 saturated heterocycles. The van der Waals surface area contributed by atoms with Crippen LogP contribution in [0.5, 0.6) is 0 Å². The van der Waals surface area contributed by atoms with Crippen LogP contribution in [0.15, 0.2) is 48.9 Å². The number of carbonyl (C=O) groups excluding carboxylic acids is 1. The second-order valence-corrected chi connectivity index (χ2v) is 4.20. The summed E-state index contributed by atoms with van der Waals surface area (Å²) in [7, 11) is 0. The first-order chi connectivity index (χ1) is 9.81. The van der Waals surface area contributed by atoms with Crippen molar-refractivity contribution in [3.63, 3.8) is 0 Å². The third-order valence-electron chi connectivity index (χ3n) is 2.74. The fraction of sp³-hybridized carbons (Fsp3) is 0.0769. The van der Waals surface area contributed by atoms with Crippen LogP contribution in [0, 0.1) is 0 Å². The molecular weight excluding hydrogens is 256 g/mol. The van der Waals surface area contributed by atoms with Gasteiger partial charge >= 0.3 is 0 Å². The van der Waals surface area contributed by atoms with Gasteiger partial charge in [0.1, 0.15) is 6.54 Å². The Morgan fingerprint density at radius 2 is 2.25 bits per heavy atom. The van der Waals surface area contributed by atoms with Gasteiger partial charge in [-0.15, -0.1) is 5.10 Å². The van der Waals surface area contributed by atoms with Crippen LogP contribution in [0.1, 0.15) is 0 Å². The quantitative estimate of drug-likeness (QED) is 0.746. The number of nitrogens with one attached hydrogen (secondary N) is 2. The van der Waals surface area contributed by atoms with Gasteiger partial charge in [0.05, 0.1) is 11.9 Å². The van der Waals surface area contributed by atoms with Gasteiger partial charge in [0, 0.05) is 23.6 Å². The Balaban J connectivity index is 1.71. The molecule has 0 saturated carbocycles. The number of rotatable bonds is 4. The molecule has 0 bridgehead atoms. The van der Waals surface area contributed by atoms with Crippen LogP contribution >= 0.6 is 0 Å². The van der Waals surface area contributed by atoms with E-state index in [0.29, 0.717) is 0 Å². The lowest BCUT2D eigenvalue weighted by Gasteiger charge is -2.06. The molecule has 0 fully saturated rings. The van der Waals surface area contributed by atoms with Gasteiger partial charge in [0.25, 0.3) is 0 Å². The Hall–Kier alpha value is -2.96. The molecule has 7 nitrogen and oxygen atoms in total. The number of benzene rings is 1. The second kappa shape index (κ2) is 5.35. The SMILES string of the molecule is O=C(Cn1ccnn1)Nc1cccc(-c2ccn[nH]2)c1. The minimum Gasteiger partial charge on any atom is -0.324 e. The predicted molar refractivity (Wildman–Crippen MR) is 72.7 cm³/mol. The summed E-state index contributed by atoms with van der Waals surface area (Å²) in [5.41, 5.74) is 2.58. The molecule has 0 atom stereocenters. The van der Waals surface area contributed by atoms with E-state index in [1.165, 1.54) is 10.9 Å². The normalized spacial score (nSPS) is 10.4. The number of nitrogens with zero attached hydrogens (tertiary/aromatic N) is 4. The van der Waals surface area contributed by atoms with E-state index < -0.39 is 0 Å². The molecule has 3 aromatic rings. The molecule has 0 radical (unpaired) electrons. The molecule has 1 aromatic carbocycles. The Kier molecular flexibility index (Phi) is 3.24. The van der Waals surface area contributed by atoms with Gasteiger partial charge in [-0.1, -0.05) is 17.3 Å². The molecule has 20 heavy (non-hydrogen) atoms. The van der Waals surface area contributed by atoms with E-state index in [9.17, 15) is 4.79 Å². The van der Waals surface area contributed by atoms with Crippen molar-refractivity contribution in [3.8, 4) is 11.3 Å². The highest BCUT2D eigenvalue weighted by molar-refractivity contribution is 5.91. The molecule has 0 aliphatic rings. The van der Waals surface area contributed by atoms with E-state index in [1.54, 1.807) is 12.4 Å². The van der Waals surface area contributed by atoms with Crippen molar-refractivity contribution in [3.05, 3.63) is 48.9 Å². The topological polar surface area (TPSA) is 88.5 Å². The van der Waals surface area contributed by atoms with Gasteiger partial charge in [-0.3, -0.25) is 9.89 Å². The van der Waals surface area contributed by atoms with E-state index in [4.69, 9.17) is 0 Å². The Morgan fingerprint density at radius 1 is 1.30 bits per heavy atom. The number of H-pyrrole nitrogens is 1. The van der Waals surface area contributed by atoms with Crippen molar-refractivity contribution in [1.82, 2.24) is 25.2 Å². The summed E-state index contributed by atoms with van der Waals surface area (Å²) >= 11 is 0. The molecule has 0 spiro atoms. The minimum atomic E-state index is -0.155. The van der Waals surface area contributed by atoms with Crippen LogP contribution in [0.4, 0.5) is 5.69 Å². The maximum atomic E-state index is 11.9. The summed E-state index contributed by atoms with van der Waals surface area (Å²) in [5.74, 6) is -0.155. The van der Waals surface area contributed by atoms with E-state index in [-0.39, 0.29) is 12.5 Å². The smallest absolute Gasteiger partial charge is 0.246 e. The minimum absolute atomic E-state index is 0.133. The third kappa shape index (κ3) is 2.72. The van der Waals surface area contributed by atoms with Crippen LogP contribution in [0.2, 0.25) is 0 Å². The Labute approximate surface area is 114 Å². The summed E-state index contributed by atoms with van der Waals surface area (Å²) in [6.45, 7) is 0.133. The van der Waals surface area contributed by atoms with Crippen molar-refractivity contribution in [2.75, 3.05) is 5.32 Å². The average Bonchev–Trinajstić information content (AvgIpc) is 3.11. The van der Waals surface area contributed by atoms with Crippen molar-refractivity contribution in [1.29, 1.82) is 0 Å². The lowest BCUT2D eigenvalue weighted by atomic mass is 10.1. The lowest BCUT2D eigenvalue weighted by molar-refractivity contribution is -0.116. The molecule has 7 heteroatoms. The number of hydrogen-bond donors (Lipinski definition) is 2. The number of carbonyl (C=O) groups is 1. The van der Waals surface area contributed by atoms with Crippen LogP contribution in [-0.2, 0) is 11.3 Å². The van der Waals surface area contributed by atoms with Gasteiger partial charge in [0.2, 0.25) is 5.91 Å². The zero-order valence-electron chi connectivity index (χ0n) is 10.5. The lowest BCUT2D eigenvalue weighted by Crippen LogP contribution is -2.19. The van der Waals surface area contributed by atoms with E-state index in [1.807, 2.05) is 30.3 Å². The van der Waals surface area contributed by atoms with Crippen molar-refractivity contribution < 1.29 is 4.79 Å². The van der Waals surface area contributed by atoms with Crippen LogP contribution in [0.25, 0.3) is 11.3 Å². The molecule has 2 aromatic heterocycles. The van der Waals surface area contributed by atoms with Gasteiger partial charge < -0.3 is 5.32 Å². The zero-order chi connectivity index (χ0) is 13.8. The van der Waals surface area contributed by atoms with Gasteiger partial charge in [-0.2, -0.15) is 5.10 Å². The molecule has 1 amide bonds. The fourth-order valence-electron chi connectivity index (χ4n) is 1.85. The standard InChI is InChI=1S/C13H12N6O/c20-13(9-19-7-6-15-18-19)16-11-3-1-2-10(8-11)12-4-5-14-17-12/h1-8H,9H2,(H,14,17)(H,16,20). The first kappa shape index (κ1) is 12.1. The molecule has 0 aliphatic heterocycles. The van der Waals surface area contributed by atoms with Gasteiger partial charge in [0.15, 0.2) is 0 Å². The molecule has 2 heterocycles. The van der Waals surface area contributed by atoms with E-state index in [0.717, 1.165) is 16.9 Å². The number of aromatic nitrogens is 5. The van der Waals surface area contributed by atoms with Crippen molar-refractivity contribution in [2.45, 2.75) is 6.54 Å².